The Morgan fingerprint density at radius 3 is 2.68 bits per heavy atom. The first kappa shape index (κ1) is 16.2. The number of nitrogens with one attached hydrogen (secondary N) is 1. The topological polar surface area (TPSA) is 47.6 Å². The first-order valence-corrected chi connectivity index (χ1v) is 7.21. The van der Waals surface area contributed by atoms with Gasteiger partial charge in [0.15, 0.2) is 6.61 Å². The van der Waals surface area contributed by atoms with Crippen LogP contribution in [0.4, 0.5) is 5.69 Å². The van der Waals surface area contributed by atoms with Crippen LogP contribution in [0.5, 0.6) is 11.5 Å². The minimum Gasteiger partial charge on any atom is -0.495 e. The summed E-state index contributed by atoms with van der Waals surface area (Å²) in [7, 11) is 1.53. The van der Waals surface area contributed by atoms with Crippen LogP contribution in [-0.2, 0) is 4.79 Å². The fraction of sp³-hybridized carbons (Fsp3) is 0.235. The predicted molar refractivity (Wildman–Crippen MR) is 88.0 cm³/mol. The number of ether oxygens (including phenoxy) is 2. The van der Waals surface area contributed by atoms with Crippen LogP contribution in [0.1, 0.15) is 11.1 Å². The molecule has 0 aromatic heterocycles. The van der Waals surface area contributed by atoms with Crippen LogP contribution in [0.15, 0.2) is 36.4 Å². The highest BCUT2D eigenvalue weighted by atomic mass is 35.5. The number of anilines is 1. The molecule has 2 aromatic carbocycles. The van der Waals surface area contributed by atoms with Gasteiger partial charge in [0.25, 0.3) is 5.91 Å². The van der Waals surface area contributed by atoms with Crippen LogP contribution in [0, 0.1) is 13.8 Å². The molecule has 0 saturated carbocycles. The molecule has 1 amide bonds. The van der Waals surface area contributed by atoms with Gasteiger partial charge in [-0.05, 0) is 49.2 Å². The van der Waals surface area contributed by atoms with Crippen LogP contribution >= 0.6 is 11.6 Å². The molecular weight excluding hydrogens is 302 g/mol. The molecule has 0 fully saturated rings. The van der Waals surface area contributed by atoms with Crippen LogP contribution in [0.25, 0.3) is 0 Å². The summed E-state index contributed by atoms with van der Waals surface area (Å²) in [4.78, 5) is 12.0. The summed E-state index contributed by atoms with van der Waals surface area (Å²) in [6, 6.07) is 10.8. The van der Waals surface area contributed by atoms with Gasteiger partial charge in [-0.3, -0.25) is 4.79 Å². The van der Waals surface area contributed by atoms with Crippen molar-refractivity contribution in [2.45, 2.75) is 13.8 Å². The number of amides is 1. The quantitative estimate of drug-likeness (QED) is 0.906. The van der Waals surface area contributed by atoms with Crippen molar-refractivity contribution >= 4 is 23.2 Å². The monoisotopic (exact) mass is 319 g/mol. The molecule has 0 unspecified atom stereocenters. The maximum atomic E-state index is 12.0. The Morgan fingerprint density at radius 1 is 1.18 bits per heavy atom. The maximum Gasteiger partial charge on any atom is 0.262 e. The summed E-state index contributed by atoms with van der Waals surface area (Å²) >= 11 is 5.93. The van der Waals surface area contributed by atoms with E-state index in [-0.39, 0.29) is 12.5 Å². The zero-order chi connectivity index (χ0) is 16.1. The summed E-state index contributed by atoms with van der Waals surface area (Å²) in [6.07, 6.45) is 0. The second-order valence-electron chi connectivity index (χ2n) is 4.88. The molecular formula is C17H18ClNO3. The number of methoxy groups -OCH3 is 1. The summed E-state index contributed by atoms with van der Waals surface area (Å²) in [5.41, 5.74) is 2.66. The first-order chi connectivity index (χ1) is 10.5. The van der Waals surface area contributed by atoms with Crippen LogP contribution < -0.4 is 14.8 Å². The lowest BCUT2D eigenvalue weighted by Gasteiger charge is -2.13. The molecule has 4 nitrogen and oxygen atoms in total. The Bertz CT molecular complexity index is 686. The van der Waals surface area contributed by atoms with Gasteiger partial charge in [0.05, 0.1) is 12.8 Å². The minimum absolute atomic E-state index is 0.0834. The van der Waals surface area contributed by atoms with Crippen molar-refractivity contribution in [3.8, 4) is 11.5 Å². The fourth-order valence-corrected chi connectivity index (χ4v) is 2.16. The van der Waals surface area contributed by atoms with Crippen molar-refractivity contribution in [1.29, 1.82) is 0 Å². The van der Waals surface area contributed by atoms with Crippen molar-refractivity contribution in [3.63, 3.8) is 0 Å². The number of carbonyl (C=O) groups excluding carboxylic acids is 1. The molecule has 0 radical (unpaired) electrons. The Balaban J connectivity index is 2.02. The number of halogens is 1. The van der Waals surface area contributed by atoms with Gasteiger partial charge in [0.1, 0.15) is 11.5 Å². The van der Waals surface area contributed by atoms with E-state index in [4.69, 9.17) is 21.1 Å². The van der Waals surface area contributed by atoms with Crippen LogP contribution in [-0.4, -0.2) is 19.6 Å². The van der Waals surface area contributed by atoms with E-state index in [0.717, 1.165) is 11.1 Å². The Kier molecular flexibility index (Phi) is 5.28. The van der Waals surface area contributed by atoms with Crippen LogP contribution in [0.3, 0.4) is 0 Å². The Morgan fingerprint density at radius 2 is 1.95 bits per heavy atom. The molecule has 0 atom stereocenters. The summed E-state index contributed by atoms with van der Waals surface area (Å²) in [5, 5.41) is 3.25. The molecule has 116 valence electrons. The number of hydrogen-bond acceptors (Lipinski definition) is 3. The molecule has 0 aliphatic carbocycles. The van der Waals surface area contributed by atoms with Gasteiger partial charge < -0.3 is 14.8 Å². The summed E-state index contributed by atoms with van der Waals surface area (Å²) in [5.74, 6) is 0.971. The average molecular weight is 320 g/mol. The van der Waals surface area contributed by atoms with Crippen molar-refractivity contribution in [2.75, 3.05) is 19.0 Å². The lowest BCUT2D eigenvalue weighted by atomic mass is 10.1. The number of hydrogen-bond donors (Lipinski definition) is 1. The Labute approximate surface area is 135 Å². The van der Waals surface area contributed by atoms with Crippen molar-refractivity contribution in [3.05, 3.63) is 52.5 Å². The first-order valence-electron chi connectivity index (χ1n) is 6.83. The second kappa shape index (κ2) is 7.18. The van der Waals surface area contributed by atoms with Gasteiger partial charge in [-0.25, -0.2) is 0 Å². The maximum absolute atomic E-state index is 12.0. The smallest absolute Gasteiger partial charge is 0.262 e. The predicted octanol–water partition coefficient (Wildman–Crippen LogP) is 3.98. The summed E-state index contributed by atoms with van der Waals surface area (Å²) in [6.45, 7) is 3.88. The third-order valence-corrected chi connectivity index (χ3v) is 3.58. The third-order valence-electron chi connectivity index (χ3n) is 3.35. The normalized spacial score (nSPS) is 10.2. The molecule has 0 spiro atoms. The lowest BCUT2D eigenvalue weighted by molar-refractivity contribution is -0.118. The van der Waals surface area contributed by atoms with Gasteiger partial charge in [-0.2, -0.15) is 0 Å². The number of rotatable bonds is 5. The van der Waals surface area contributed by atoms with E-state index in [1.54, 1.807) is 18.2 Å². The highest BCUT2D eigenvalue weighted by molar-refractivity contribution is 6.31. The average Bonchev–Trinajstić information content (AvgIpc) is 2.49. The number of carbonyl (C=O) groups is 1. The van der Waals surface area contributed by atoms with E-state index in [0.29, 0.717) is 22.2 Å². The molecule has 0 aliphatic rings. The zero-order valence-electron chi connectivity index (χ0n) is 12.8. The van der Waals surface area contributed by atoms with Gasteiger partial charge >= 0.3 is 0 Å². The van der Waals surface area contributed by atoms with E-state index in [1.807, 2.05) is 32.0 Å². The van der Waals surface area contributed by atoms with Gasteiger partial charge in [-0.1, -0.05) is 23.7 Å². The molecule has 0 bridgehead atoms. The van der Waals surface area contributed by atoms with Crippen LogP contribution in [0.2, 0.25) is 5.02 Å². The largest absolute Gasteiger partial charge is 0.495 e. The van der Waals surface area contributed by atoms with Crippen molar-refractivity contribution in [1.82, 2.24) is 0 Å². The Hall–Kier alpha value is -2.20. The highest BCUT2D eigenvalue weighted by Crippen LogP contribution is 2.27. The van der Waals surface area contributed by atoms with Crippen molar-refractivity contribution < 1.29 is 14.3 Å². The standard InChI is InChI=1S/C17H18ClNO3/c1-11-5-4-6-15(12(11)2)22-10-17(20)19-14-9-13(18)7-8-16(14)21-3/h4-9H,10H2,1-3H3,(H,19,20). The van der Waals surface area contributed by atoms with Gasteiger partial charge in [-0.15, -0.1) is 0 Å². The molecule has 1 N–H and O–H groups in total. The SMILES string of the molecule is COc1ccc(Cl)cc1NC(=O)COc1cccc(C)c1C. The van der Waals surface area contributed by atoms with Crippen molar-refractivity contribution in [2.24, 2.45) is 0 Å². The van der Waals surface area contributed by atoms with E-state index in [1.165, 1.54) is 7.11 Å². The van der Waals surface area contributed by atoms with E-state index in [9.17, 15) is 4.79 Å². The fourth-order valence-electron chi connectivity index (χ4n) is 1.99. The lowest BCUT2D eigenvalue weighted by Crippen LogP contribution is -2.20. The second-order valence-corrected chi connectivity index (χ2v) is 5.32. The molecule has 0 heterocycles. The minimum atomic E-state index is -0.276. The van der Waals surface area contributed by atoms with E-state index in [2.05, 4.69) is 5.32 Å². The molecule has 22 heavy (non-hydrogen) atoms. The van der Waals surface area contributed by atoms with Gasteiger partial charge in [0, 0.05) is 5.02 Å². The van der Waals surface area contributed by atoms with E-state index >= 15 is 0 Å². The molecule has 0 aliphatic heterocycles. The molecule has 5 heteroatoms. The number of benzene rings is 2. The zero-order valence-corrected chi connectivity index (χ0v) is 13.5. The van der Waals surface area contributed by atoms with Gasteiger partial charge in [0.2, 0.25) is 0 Å². The molecule has 2 aromatic rings. The van der Waals surface area contributed by atoms with E-state index < -0.39 is 0 Å². The third kappa shape index (κ3) is 3.92. The highest BCUT2D eigenvalue weighted by Gasteiger charge is 2.10. The molecule has 2 rings (SSSR count). The molecule has 0 saturated heterocycles. The number of aryl methyl sites for hydroxylation is 1. The summed E-state index contributed by atoms with van der Waals surface area (Å²) < 4.78 is 10.8.